The number of anilines is 2. The van der Waals surface area contributed by atoms with Gasteiger partial charge in [-0.25, -0.2) is 10.1 Å². The lowest BCUT2D eigenvalue weighted by Gasteiger charge is -2.27. The van der Waals surface area contributed by atoms with Crippen molar-refractivity contribution in [2.24, 2.45) is 5.50 Å². The van der Waals surface area contributed by atoms with Crippen molar-refractivity contribution in [2.75, 3.05) is 4.67 Å². The highest BCUT2D eigenvalue weighted by Crippen LogP contribution is 2.47. The average molecular weight is 356 g/mol. The Morgan fingerprint density at radius 2 is 1.48 bits per heavy atom. The molecule has 0 amide bonds. The molecule has 4 N–H and O–H groups in total. The Balaban J connectivity index is 1.98. The number of rotatable bonds is 5. The molecule has 3 aromatic carbocycles. The third-order valence-electron chi connectivity index (χ3n) is 3.42. The van der Waals surface area contributed by atoms with Gasteiger partial charge >= 0.3 is 7.67 Å². The topological polar surface area (TPSA) is 96.0 Å². The minimum atomic E-state index is -4.14. The molecular formula is C18H17N2O4P. The van der Waals surface area contributed by atoms with Gasteiger partial charge in [0.1, 0.15) is 17.2 Å². The van der Waals surface area contributed by atoms with Gasteiger partial charge in [0.05, 0.1) is 11.4 Å². The molecular weight excluding hydrogens is 339 g/mol. The Morgan fingerprint density at radius 1 is 0.840 bits per heavy atom. The van der Waals surface area contributed by atoms with Crippen molar-refractivity contribution in [3.63, 3.8) is 0 Å². The van der Waals surface area contributed by atoms with Crippen LogP contribution in [-0.4, -0.2) is 10.00 Å². The van der Waals surface area contributed by atoms with Crippen LogP contribution in [0.1, 0.15) is 0 Å². The number of nitrogens with two attached hydrogens (primary N) is 1. The van der Waals surface area contributed by atoms with E-state index in [9.17, 15) is 14.6 Å². The zero-order valence-electron chi connectivity index (χ0n) is 13.2. The first-order chi connectivity index (χ1) is 11.9. The maximum absolute atomic E-state index is 12.2. The molecule has 25 heavy (non-hydrogen) atoms. The third-order valence-corrected chi connectivity index (χ3v) is 4.46. The highest BCUT2D eigenvalue weighted by Gasteiger charge is 2.26. The quantitative estimate of drug-likeness (QED) is 0.587. The van der Waals surface area contributed by atoms with E-state index in [4.69, 9.17) is 10.2 Å². The van der Waals surface area contributed by atoms with Gasteiger partial charge in [-0.05, 0) is 48.5 Å². The summed E-state index contributed by atoms with van der Waals surface area (Å²) in [5.74, 6) is 1.20. The van der Waals surface area contributed by atoms with Crippen LogP contribution in [0.4, 0.5) is 11.4 Å². The van der Waals surface area contributed by atoms with Crippen LogP contribution in [-0.2, 0) is 4.57 Å². The average Bonchev–Trinajstić information content (AvgIpc) is 2.57. The van der Waals surface area contributed by atoms with Crippen molar-refractivity contribution >= 4 is 19.0 Å². The van der Waals surface area contributed by atoms with Gasteiger partial charge in [0, 0.05) is 6.07 Å². The standard InChI is InChI=1S/C18H17N2O4P/c19-25(22,23)20(14-9-11-16(21)12-10-14)15-5-4-8-18(13-15)24-17-6-2-1-3-7-17/h1-13,21H,(H3,19,22,23). The van der Waals surface area contributed by atoms with Crippen molar-refractivity contribution < 1.29 is 19.3 Å². The van der Waals surface area contributed by atoms with E-state index in [1.165, 1.54) is 24.3 Å². The first-order valence-corrected chi connectivity index (χ1v) is 9.15. The highest BCUT2D eigenvalue weighted by atomic mass is 31.2. The molecule has 0 aliphatic rings. The first-order valence-electron chi connectivity index (χ1n) is 7.47. The molecule has 3 aromatic rings. The molecule has 0 aliphatic heterocycles. The lowest BCUT2D eigenvalue weighted by Crippen LogP contribution is -2.18. The van der Waals surface area contributed by atoms with E-state index in [1.807, 2.05) is 30.3 Å². The van der Waals surface area contributed by atoms with E-state index in [1.54, 1.807) is 24.3 Å². The molecule has 0 spiro atoms. The van der Waals surface area contributed by atoms with Gasteiger partial charge in [-0.15, -0.1) is 0 Å². The number of hydrogen-bond acceptors (Lipinski definition) is 3. The maximum Gasteiger partial charge on any atom is 0.367 e. The van der Waals surface area contributed by atoms with E-state index >= 15 is 0 Å². The van der Waals surface area contributed by atoms with Crippen molar-refractivity contribution in [2.45, 2.75) is 0 Å². The normalized spacial score (nSPS) is 13.0. The van der Waals surface area contributed by atoms with Crippen LogP contribution in [0.15, 0.2) is 78.9 Å². The van der Waals surface area contributed by atoms with Crippen molar-refractivity contribution in [1.82, 2.24) is 0 Å². The Hall–Kier alpha value is -2.79. The molecule has 0 aromatic heterocycles. The molecule has 0 saturated heterocycles. The molecule has 0 fully saturated rings. The monoisotopic (exact) mass is 356 g/mol. The molecule has 0 heterocycles. The molecule has 1 atom stereocenters. The Kier molecular flexibility index (Phi) is 4.76. The Labute approximate surface area is 145 Å². The largest absolute Gasteiger partial charge is 0.508 e. The predicted octanol–water partition coefficient (Wildman–Crippen LogP) is 4.38. The van der Waals surface area contributed by atoms with Crippen LogP contribution in [0.2, 0.25) is 0 Å². The zero-order chi connectivity index (χ0) is 17.9. The third kappa shape index (κ3) is 4.19. The van der Waals surface area contributed by atoms with Crippen LogP contribution in [0.3, 0.4) is 0 Å². The predicted molar refractivity (Wildman–Crippen MR) is 97.2 cm³/mol. The number of nitrogens with zero attached hydrogens (tertiary/aromatic N) is 1. The van der Waals surface area contributed by atoms with Gasteiger partial charge in [0.2, 0.25) is 0 Å². The first kappa shape index (κ1) is 17.0. The molecule has 0 radical (unpaired) electrons. The van der Waals surface area contributed by atoms with Crippen LogP contribution < -0.4 is 14.9 Å². The number of benzene rings is 3. The number of aromatic hydroxyl groups is 1. The second-order valence-corrected chi connectivity index (χ2v) is 6.91. The molecule has 6 nitrogen and oxygen atoms in total. The lowest BCUT2D eigenvalue weighted by molar-refractivity contribution is 0.473. The fourth-order valence-corrected chi connectivity index (χ4v) is 3.30. The second-order valence-electron chi connectivity index (χ2n) is 5.33. The summed E-state index contributed by atoms with van der Waals surface area (Å²) in [5.41, 5.74) is 6.29. The van der Waals surface area contributed by atoms with Crippen molar-refractivity contribution in [1.29, 1.82) is 0 Å². The van der Waals surface area contributed by atoms with Gasteiger partial charge in [0.15, 0.2) is 0 Å². The van der Waals surface area contributed by atoms with Crippen LogP contribution >= 0.6 is 7.67 Å². The minimum absolute atomic E-state index is 0.0506. The molecule has 0 bridgehead atoms. The van der Waals surface area contributed by atoms with E-state index in [-0.39, 0.29) is 5.75 Å². The van der Waals surface area contributed by atoms with Crippen molar-refractivity contribution in [3.8, 4) is 17.2 Å². The van der Waals surface area contributed by atoms with Gasteiger partial charge in [-0.3, -0.25) is 4.67 Å². The highest BCUT2D eigenvalue weighted by molar-refractivity contribution is 7.57. The molecule has 0 aliphatic carbocycles. The summed E-state index contributed by atoms with van der Waals surface area (Å²) in [6.45, 7) is 0. The van der Waals surface area contributed by atoms with Gasteiger partial charge in [0.25, 0.3) is 0 Å². The lowest BCUT2D eigenvalue weighted by atomic mass is 10.2. The van der Waals surface area contributed by atoms with Gasteiger partial charge < -0.3 is 14.7 Å². The van der Waals surface area contributed by atoms with E-state index in [0.29, 0.717) is 22.9 Å². The second kappa shape index (κ2) is 6.99. The number of ether oxygens (including phenoxy) is 1. The summed E-state index contributed by atoms with van der Waals surface area (Å²) in [6, 6.07) is 21.8. The van der Waals surface area contributed by atoms with E-state index < -0.39 is 7.67 Å². The molecule has 1 unspecified atom stereocenters. The van der Waals surface area contributed by atoms with Gasteiger partial charge in [-0.1, -0.05) is 24.3 Å². The fourth-order valence-electron chi connectivity index (χ4n) is 2.38. The smallest absolute Gasteiger partial charge is 0.367 e. The summed E-state index contributed by atoms with van der Waals surface area (Å²) in [5, 5.41) is 9.42. The number of phenols is 1. The van der Waals surface area contributed by atoms with Crippen LogP contribution in [0, 0.1) is 0 Å². The summed E-state index contributed by atoms with van der Waals surface area (Å²) >= 11 is 0. The van der Waals surface area contributed by atoms with Crippen LogP contribution in [0.5, 0.6) is 17.2 Å². The maximum atomic E-state index is 12.2. The summed E-state index contributed by atoms with van der Waals surface area (Å²) in [6.07, 6.45) is 0. The van der Waals surface area contributed by atoms with E-state index in [2.05, 4.69) is 0 Å². The molecule has 3 rings (SSSR count). The molecule has 0 saturated carbocycles. The minimum Gasteiger partial charge on any atom is -0.508 e. The van der Waals surface area contributed by atoms with E-state index in [0.717, 1.165) is 4.67 Å². The Morgan fingerprint density at radius 3 is 2.12 bits per heavy atom. The summed E-state index contributed by atoms with van der Waals surface area (Å²) < 4.78 is 19.1. The number of phenolic OH excluding ortho intramolecular Hbond substituents is 1. The fraction of sp³-hybridized carbons (Fsp3) is 0. The summed E-state index contributed by atoms with van der Waals surface area (Å²) in [7, 11) is -4.14. The number of para-hydroxylation sites is 1. The zero-order valence-corrected chi connectivity index (χ0v) is 14.1. The van der Waals surface area contributed by atoms with Crippen LogP contribution in [0.25, 0.3) is 0 Å². The number of hydrogen-bond donors (Lipinski definition) is 3. The van der Waals surface area contributed by atoms with Gasteiger partial charge in [-0.2, -0.15) is 0 Å². The van der Waals surface area contributed by atoms with Crippen molar-refractivity contribution in [3.05, 3.63) is 78.9 Å². The molecule has 128 valence electrons. The Bertz CT molecular complexity index is 894. The summed E-state index contributed by atoms with van der Waals surface area (Å²) in [4.78, 5) is 9.99. The SMILES string of the molecule is NP(=O)(O)N(c1ccc(O)cc1)c1cccc(Oc2ccccc2)c1. The molecule has 7 heteroatoms.